The minimum Gasteiger partial charge on any atom is -0.480 e. The first-order valence-electron chi connectivity index (χ1n) is 7.47. The van der Waals surface area contributed by atoms with Gasteiger partial charge in [0.15, 0.2) is 0 Å². The molecule has 3 atom stereocenters. The molecule has 6 heteroatoms. The quantitative estimate of drug-likeness (QED) is 0.655. The Kier molecular flexibility index (Phi) is 6.78. The number of carboxylic acid groups (broad SMARTS) is 1. The molecular formula is C14H27N3O3. The largest absolute Gasteiger partial charge is 0.480 e. The van der Waals surface area contributed by atoms with Gasteiger partial charge in [0.05, 0.1) is 0 Å². The van der Waals surface area contributed by atoms with Gasteiger partial charge < -0.3 is 20.6 Å². The third kappa shape index (κ3) is 5.00. The lowest BCUT2D eigenvalue weighted by Gasteiger charge is -2.21. The highest BCUT2D eigenvalue weighted by molar-refractivity contribution is 5.82. The first kappa shape index (κ1) is 16.8. The highest BCUT2D eigenvalue weighted by atomic mass is 16.4. The zero-order valence-electron chi connectivity index (χ0n) is 12.7. The Morgan fingerprint density at radius 3 is 2.60 bits per heavy atom. The van der Waals surface area contributed by atoms with Crippen LogP contribution in [-0.4, -0.2) is 54.2 Å². The molecule has 0 spiro atoms. The Morgan fingerprint density at radius 2 is 2.10 bits per heavy atom. The van der Waals surface area contributed by atoms with Gasteiger partial charge in [-0.2, -0.15) is 0 Å². The minimum atomic E-state index is -0.979. The van der Waals surface area contributed by atoms with Crippen LogP contribution in [-0.2, 0) is 4.79 Å². The number of hydrogen-bond donors (Lipinski definition) is 3. The average molecular weight is 285 g/mol. The molecule has 116 valence electrons. The Bertz CT molecular complexity index is 336. The molecule has 1 saturated heterocycles. The van der Waals surface area contributed by atoms with Crippen molar-refractivity contribution in [3.63, 3.8) is 0 Å². The van der Waals surface area contributed by atoms with Crippen molar-refractivity contribution < 1.29 is 14.7 Å². The molecule has 0 aromatic rings. The summed E-state index contributed by atoms with van der Waals surface area (Å²) in [5.41, 5.74) is 0. The number of carboxylic acids is 1. The summed E-state index contributed by atoms with van der Waals surface area (Å²) in [7, 11) is 0. The summed E-state index contributed by atoms with van der Waals surface area (Å²) in [6.45, 7) is 9.60. The summed E-state index contributed by atoms with van der Waals surface area (Å²) in [4.78, 5) is 25.3. The van der Waals surface area contributed by atoms with E-state index in [1.54, 1.807) is 0 Å². The molecule has 0 aliphatic carbocycles. The maximum atomic E-state index is 11.8. The second kappa shape index (κ2) is 8.09. The van der Waals surface area contributed by atoms with Gasteiger partial charge in [-0.05, 0) is 31.3 Å². The lowest BCUT2D eigenvalue weighted by atomic mass is 9.99. The van der Waals surface area contributed by atoms with E-state index < -0.39 is 12.0 Å². The number of hydrogen-bond acceptors (Lipinski definition) is 3. The summed E-state index contributed by atoms with van der Waals surface area (Å²) in [6, 6.07) is -1.21. The van der Waals surface area contributed by atoms with Crippen LogP contribution in [0.15, 0.2) is 0 Å². The van der Waals surface area contributed by atoms with Gasteiger partial charge in [0.2, 0.25) is 0 Å². The SMILES string of the molecule is CCC(C)C(NC(=O)NCC1CCN(CC)C1)C(=O)O. The minimum absolute atomic E-state index is 0.0830. The van der Waals surface area contributed by atoms with Crippen LogP contribution in [0.25, 0.3) is 0 Å². The molecule has 0 aromatic heterocycles. The number of carbonyl (C=O) groups is 2. The van der Waals surface area contributed by atoms with Crippen molar-refractivity contribution in [3.05, 3.63) is 0 Å². The number of urea groups is 1. The summed E-state index contributed by atoms with van der Waals surface area (Å²) in [6.07, 6.45) is 1.80. The first-order chi connectivity index (χ1) is 9.47. The van der Waals surface area contributed by atoms with E-state index in [0.717, 1.165) is 26.1 Å². The van der Waals surface area contributed by atoms with Crippen LogP contribution in [0.1, 0.15) is 33.6 Å². The van der Waals surface area contributed by atoms with Gasteiger partial charge in [-0.15, -0.1) is 0 Å². The number of amides is 2. The number of nitrogens with zero attached hydrogens (tertiary/aromatic N) is 1. The zero-order valence-corrected chi connectivity index (χ0v) is 12.7. The highest BCUT2D eigenvalue weighted by Crippen LogP contribution is 2.14. The van der Waals surface area contributed by atoms with Crippen LogP contribution >= 0.6 is 0 Å². The van der Waals surface area contributed by atoms with Crippen molar-refractivity contribution in [2.24, 2.45) is 11.8 Å². The summed E-state index contributed by atoms with van der Waals surface area (Å²) in [5.74, 6) is -0.597. The monoisotopic (exact) mass is 285 g/mol. The van der Waals surface area contributed by atoms with Gasteiger partial charge in [0.1, 0.15) is 6.04 Å². The fraction of sp³-hybridized carbons (Fsp3) is 0.857. The predicted molar refractivity (Wildman–Crippen MR) is 77.6 cm³/mol. The second-order valence-electron chi connectivity index (χ2n) is 5.60. The van der Waals surface area contributed by atoms with Gasteiger partial charge in [-0.1, -0.05) is 27.2 Å². The topological polar surface area (TPSA) is 81.7 Å². The molecule has 0 aromatic carbocycles. The molecule has 3 unspecified atom stereocenters. The van der Waals surface area contributed by atoms with Crippen LogP contribution in [0.3, 0.4) is 0 Å². The standard InChI is InChI=1S/C14H27N3O3/c1-4-10(3)12(13(18)19)16-14(20)15-8-11-6-7-17(5-2)9-11/h10-12H,4-9H2,1-3H3,(H,18,19)(H2,15,16,20). The molecule has 1 aliphatic heterocycles. The third-order valence-electron chi connectivity index (χ3n) is 4.13. The molecule has 3 N–H and O–H groups in total. The Hall–Kier alpha value is -1.30. The van der Waals surface area contributed by atoms with Gasteiger partial charge in [-0.3, -0.25) is 0 Å². The smallest absolute Gasteiger partial charge is 0.326 e. The van der Waals surface area contributed by atoms with E-state index in [1.165, 1.54) is 0 Å². The van der Waals surface area contributed by atoms with Gasteiger partial charge >= 0.3 is 12.0 Å². The molecule has 1 aliphatic rings. The Balaban J connectivity index is 2.33. The number of carbonyl (C=O) groups excluding carboxylic acids is 1. The summed E-state index contributed by atoms with van der Waals surface area (Å²) < 4.78 is 0. The fourth-order valence-electron chi connectivity index (χ4n) is 2.48. The molecule has 2 amide bonds. The Labute approximate surface area is 120 Å². The van der Waals surface area contributed by atoms with Crippen LogP contribution in [0, 0.1) is 11.8 Å². The van der Waals surface area contributed by atoms with E-state index in [0.29, 0.717) is 18.9 Å². The summed E-state index contributed by atoms with van der Waals surface area (Å²) in [5, 5.41) is 14.5. The normalized spacial score (nSPS) is 22.2. The highest BCUT2D eigenvalue weighted by Gasteiger charge is 2.26. The lowest BCUT2D eigenvalue weighted by Crippen LogP contribution is -2.49. The summed E-state index contributed by atoms with van der Waals surface area (Å²) >= 11 is 0. The fourth-order valence-corrected chi connectivity index (χ4v) is 2.48. The van der Waals surface area contributed by atoms with Gasteiger partial charge in [0, 0.05) is 13.1 Å². The molecule has 20 heavy (non-hydrogen) atoms. The van der Waals surface area contributed by atoms with Crippen LogP contribution < -0.4 is 10.6 Å². The zero-order chi connectivity index (χ0) is 15.1. The van der Waals surface area contributed by atoms with E-state index >= 15 is 0 Å². The molecule has 1 rings (SSSR count). The number of likely N-dealkylation sites (tertiary alicyclic amines) is 1. The number of aliphatic carboxylic acids is 1. The molecule has 6 nitrogen and oxygen atoms in total. The van der Waals surface area contributed by atoms with E-state index in [2.05, 4.69) is 22.5 Å². The second-order valence-corrected chi connectivity index (χ2v) is 5.60. The maximum Gasteiger partial charge on any atom is 0.326 e. The van der Waals surface area contributed by atoms with Crippen LogP contribution in [0.4, 0.5) is 4.79 Å². The van der Waals surface area contributed by atoms with E-state index in [-0.39, 0.29) is 11.9 Å². The van der Waals surface area contributed by atoms with Crippen molar-refractivity contribution in [3.8, 4) is 0 Å². The van der Waals surface area contributed by atoms with Crippen molar-refractivity contribution in [1.82, 2.24) is 15.5 Å². The number of nitrogens with one attached hydrogen (secondary N) is 2. The molecule has 0 radical (unpaired) electrons. The van der Waals surface area contributed by atoms with Crippen LogP contribution in [0.5, 0.6) is 0 Å². The first-order valence-corrected chi connectivity index (χ1v) is 7.47. The van der Waals surface area contributed by atoms with Crippen molar-refractivity contribution in [1.29, 1.82) is 0 Å². The van der Waals surface area contributed by atoms with Crippen molar-refractivity contribution >= 4 is 12.0 Å². The van der Waals surface area contributed by atoms with Gasteiger partial charge in [0.25, 0.3) is 0 Å². The van der Waals surface area contributed by atoms with Crippen molar-refractivity contribution in [2.75, 3.05) is 26.2 Å². The third-order valence-corrected chi connectivity index (χ3v) is 4.13. The van der Waals surface area contributed by atoms with E-state index in [1.807, 2.05) is 13.8 Å². The lowest BCUT2D eigenvalue weighted by molar-refractivity contribution is -0.140. The maximum absolute atomic E-state index is 11.8. The Morgan fingerprint density at radius 1 is 1.40 bits per heavy atom. The van der Waals surface area contributed by atoms with Gasteiger partial charge in [-0.25, -0.2) is 9.59 Å². The van der Waals surface area contributed by atoms with E-state index in [4.69, 9.17) is 5.11 Å². The molecule has 0 bridgehead atoms. The molecular weight excluding hydrogens is 258 g/mol. The predicted octanol–water partition coefficient (Wildman–Crippen LogP) is 1.13. The molecule has 1 heterocycles. The molecule has 0 saturated carbocycles. The average Bonchev–Trinajstić information content (AvgIpc) is 2.89. The number of rotatable bonds is 7. The van der Waals surface area contributed by atoms with E-state index in [9.17, 15) is 9.59 Å². The van der Waals surface area contributed by atoms with Crippen molar-refractivity contribution in [2.45, 2.75) is 39.7 Å². The molecule has 1 fully saturated rings. The van der Waals surface area contributed by atoms with Crippen LogP contribution in [0.2, 0.25) is 0 Å².